The van der Waals surface area contributed by atoms with E-state index in [-0.39, 0.29) is 5.82 Å². The molecule has 2 fully saturated rings. The van der Waals surface area contributed by atoms with E-state index in [4.69, 9.17) is 9.72 Å². The molecule has 2 aliphatic rings. The fraction of sp³-hybridized carbons (Fsp3) is 0.409. The second-order valence-electron chi connectivity index (χ2n) is 8.25. The van der Waals surface area contributed by atoms with Gasteiger partial charge in [0.05, 0.1) is 12.8 Å². The standard InChI is InChI=1S/C22H25FN6O/c1-13-9-14-3-4-15(10-13)29(14)22-24-8-7-20(26-22)25-21-12-19(27-28-21)17-6-5-16(30-2)11-18(17)23/h5-8,11-15H,3-4,9-10H2,1-2H3,(H2,24,25,26,27,28). The lowest BCUT2D eigenvalue weighted by atomic mass is 9.93. The second-order valence-corrected chi connectivity index (χ2v) is 8.25. The molecule has 0 amide bonds. The number of halogens is 1. The molecule has 30 heavy (non-hydrogen) atoms. The Labute approximate surface area is 174 Å². The molecule has 2 N–H and O–H groups in total. The first kappa shape index (κ1) is 18.8. The molecule has 2 aromatic heterocycles. The maximum Gasteiger partial charge on any atom is 0.227 e. The molecular weight excluding hydrogens is 383 g/mol. The molecule has 0 aliphatic carbocycles. The average Bonchev–Trinajstić information content (AvgIpc) is 3.30. The summed E-state index contributed by atoms with van der Waals surface area (Å²) in [6.45, 7) is 2.34. The summed E-state index contributed by atoms with van der Waals surface area (Å²) in [6, 6.07) is 9.39. The van der Waals surface area contributed by atoms with E-state index in [1.165, 1.54) is 38.9 Å². The SMILES string of the molecule is COc1ccc(-c2cc(Nc3ccnc(N4C5CCC4CC(C)C5)n3)n[nH]2)c(F)c1. The van der Waals surface area contributed by atoms with Crippen molar-refractivity contribution in [3.05, 3.63) is 42.3 Å². The van der Waals surface area contributed by atoms with Crippen LogP contribution in [0.25, 0.3) is 11.3 Å². The van der Waals surface area contributed by atoms with Crippen LogP contribution in [0.1, 0.15) is 32.6 Å². The molecule has 2 saturated heterocycles. The number of rotatable bonds is 5. The minimum Gasteiger partial charge on any atom is -0.497 e. The molecule has 3 aromatic rings. The summed E-state index contributed by atoms with van der Waals surface area (Å²) in [4.78, 5) is 11.7. The van der Waals surface area contributed by atoms with Gasteiger partial charge in [0, 0.05) is 36.0 Å². The van der Waals surface area contributed by atoms with Crippen molar-refractivity contribution in [2.24, 2.45) is 5.92 Å². The number of nitrogens with one attached hydrogen (secondary N) is 2. The number of aromatic nitrogens is 4. The molecular formula is C22H25FN6O. The van der Waals surface area contributed by atoms with E-state index < -0.39 is 0 Å². The van der Waals surface area contributed by atoms with Crippen LogP contribution in [-0.2, 0) is 0 Å². The molecule has 156 valence electrons. The maximum atomic E-state index is 14.4. The molecule has 2 aliphatic heterocycles. The lowest BCUT2D eigenvalue weighted by molar-refractivity contribution is 0.359. The monoisotopic (exact) mass is 408 g/mol. The first-order chi connectivity index (χ1) is 14.6. The van der Waals surface area contributed by atoms with Gasteiger partial charge in [-0.3, -0.25) is 5.10 Å². The van der Waals surface area contributed by atoms with E-state index in [0.29, 0.717) is 40.7 Å². The average molecular weight is 408 g/mol. The van der Waals surface area contributed by atoms with Gasteiger partial charge in [-0.15, -0.1) is 0 Å². The lowest BCUT2D eigenvalue weighted by Gasteiger charge is -2.37. The molecule has 2 atom stereocenters. The van der Waals surface area contributed by atoms with Crippen LogP contribution >= 0.6 is 0 Å². The Hall–Kier alpha value is -3.16. The number of ether oxygens (including phenoxy) is 1. The van der Waals surface area contributed by atoms with Crippen LogP contribution in [0.3, 0.4) is 0 Å². The molecule has 7 nitrogen and oxygen atoms in total. The molecule has 0 spiro atoms. The zero-order valence-electron chi connectivity index (χ0n) is 17.1. The highest BCUT2D eigenvalue weighted by Crippen LogP contribution is 2.40. The summed E-state index contributed by atoms with van der Waals surface area (Å²) in [5.74, 6) is 2.89. The number of H-pyrrole nitrogens is 1. The van der Waals surface area contributed by atoms with E-state index in [9.17, 15) is 4.39 Å². The number of aromatic amines is 1. The Morgan fingerprint density at radius 3 is 2.67 bits per heavy atom. The Morgan fingerprint density at radius 2 is 1.93 bits per heavy atom. The zero-order chi connectivity index (χ0) is 20.7. The summed E-state index contributed by atoms with van der Waals surface area (Å²) in [5, 5.41) is 10.3. The molecule has 4 heterocycles. The molecule has 0 saturated carbocycles. The molecule has 0 radical (unpaired) electrons. The van der Waals surface area contributed by atoms with Gasteiger partial charge in [0.25, 0.3) is 0 Å². The number of methoxy groups -OCH3 is 1. The second kappa shape index (κ2) is 7.59. The normalized spacial score (nSPS) is 22.9. The van der Waals surface area contributed by atoms with Gasteiger partial charge >= 0.3 is 0 Å². The first-order valence-corrected chi connectivity index (χ1v) is 10.4. The van der Waals surface area contributed by atoms with Gasteiger partial charge in [-0.2, -0.15) is 10.1 Å². The minimum atomic E-state index is -0.372. The molecule has 2 unspecified atom stereocenters. The fourth-order valence-corrected chi connectivity index (χ4v) is 4.81. The van der Waals surface area contributed by atoms with Crippen molar-refractivity contribution in [3.63, 3.8) is 0 Å². The third-order valence-corrected chi connectivity index (χ3v) is 6.14. The fourth-order valence-electron chi connectivity index (χ4n) is 4.81. The van der Waals surface area contributed by atoms with Crippen molar-refractivity contribution < 1.29 is 9.13 Å². The molecule has 1 aromatic carbocycles. The topological polar surface area (TPSA) is 79.0 Å². The van der Waals surface area contributed by atoms with Crippen LogP contribution < -0.4 is 15.0 Å². The molecule has 2 bridgehead atoms. The number of fused-ring (bicyclic) bond motifs is 2. The van der Waals surface area contributed by atoms with Gasteiger partial charge in [0.15, 0.2) is 5.82 Å². The van der Waals surface area contributed by atoms with Crippen LogP contribution in [-0.4, -0.2) is 39.4 Å². The van der Waals surface area contributed by atoms with Crippen LogP contribution in [0.15, 0.2) is 36.5 Å². The number of hydrogen-bond donors (Lipinski definition) is 2. The largest absolute Gasteiger partial charge is 0.497 e. The van der Waals surface area contributed by atoms with Crippen LogP contribution in [0, 0.1) is 11.7 Å². The quantitative estimate of drug-likeness (QED) is 0.646. The van der Waals surface area contributed by atoms with Gasteiger partial charge in [0.2, 0.25) is 5.95 Å². The van der Waals surface area contributed by atoms with Crippen LogP contribution in [0.5, 0.6) is 5.75 Å². The lowest BCUT2D eigenvalue weighted by Crippen LogP contribution is -2.43. The number of nitrogens with zero attached hydrogens (tertiary/aromatic N) is 4. The minimum absolute atomic E-state index is 0.372. The van der Waals surface area contributed by atoms with E-state index in [1.807, 2.05) is 6.07 Å². The highest BCUT2D eigenvalue weighted by Gasteiger charge is 2.40. The van der Waals surface area contributed by atoms with Crippen molar-refractivity contribution in [3.8, 4) is 17.0 Å². The van der Waals surface area contributed by atoms with Gasteiger partial charge < -0.3 is 15.0 Å². The van der Waals surface area contributed by atoms with Crippen LogP contribution in [0.2, 0.25) is 0 Å². The number of piperidine rings is 1. The number of anilines is 3. The Bertz CT molecular complexity index is 1040. The van der Waals surface area contributed by atoms with Gasteiger partial charge in [0.1, 0.15) is 17.4 Å². The van der Waals surface area contributed by atoms with Gasteiger partial charge in [-0.25, -0.2) is 9.37 Å². The third kappa shape index (κ3) is 3.46. The smallest absolute Gasteiger partial charge is 0.227 e. The Kier molecular flexibility index (Phi) is 4.77. The number of benzene rings is 1. The van der Waals surface area contributed by atoms with Gasteiger partial charge in [-0.05, 0) is 49.8 Å². The summed E-state index contributed by atoms with van der Waals surface area (Å²) in [5.41, 5.74) is 1.01. The van der Waals surface area contributed by atoms with Crippen molar-refractivity contribution >= 4 is 17.6 Å². The van der Waals surface area contributed by atoms with E-state index >= 15 is 0 Å². The summed E-state index contributed by atoms with van der Waals surface area (Å²) < 4.78 is 19.4. The maximum absolute atomic E-state index is 14.4. The van der Waals surface area contributed by atoms with Gasteiger partial charge in [-0.1, -0.05) is 6.92 Å². The van der Waals surface area contributed by atoms with Crippen molar-refractivity contribution in [2.45, 2.75) is 44.7 Å². The summed E-state index contributed by atoms with van der Waals surface area (Å²) >= 11 is 0. The number of hydrogen-bond acceptors (Lipinski definition) is 6. The Balaban J connectivity index is 1.35. The predicted molar refractivity (Wildman–Crippen MR) is 114 cm³/mol. The van der Waals surface area contributed by atoms with Crippen molar-refractivity contribution in [1.29, 1.82) is 0 Å². The first-order valence-electron chi connectivity index (χ1n) is 10.4. The Morgan fingerprint density at radius 1 is 1.13 bits per heavy atom. The molecule has 5 rings (SSSR count). The van der Waals surface area contributed by atoms with Crippen LogP contribution in [0.4, 0.5) is 22.0 Å². The van der Waals surface area contributed by atoms with E-state index in [0.717, 1.165) is 11.9 Å². The summed E-state index contributed by atoms with van der Waals surface area (Å²) in [6.07, 6.45) is 6.61. The predicted octanol–water partition coefficient (Wildman–Crippen LogP) is 4.53. The molecule has 8 heteroatoms. The highest BCUT2D eigenvalue weighted by atomic mass is 19.1. The van der Waals surface area contributed by atoms with Crippen molar-refractivity contribution in [2.75, 3.05) is 17.3 Å². The highest BCUT2D eigenvalue weighted by molar-refractivity contribution is 5.66. The van der Waals surface area contributed by atoms with E-state index in [1.54, 1.807) is 24.4 Å². The van der Waals surface area contributed by atoms with Crippen molar-refractivity contribution in [1.82, 2.24) is 20.2 Å². The third-order valence-electron chi connectivity index (χ3n) is 6.14. The van der Waals surface area contributed by atoms with E-state index in [2.05, 4.69) is 32.3 Å². The zero-order valence-corrected chi connectivity index (χ0v) is 17.1. The summed E-state index contributed by atoms with van der Waals surface area (Å²) in [7, 11) is 1.51.